The highest BCUT2D eigenvalue weighted by molar-refractivity contribution is 5.77. The number of aliphatic imine (C=N–C) groups is 1. The molecule has 0 amide bonds. The third-order valence-electron chi connectivity index (χ3n) is 3.57. The number of rotatable bonds is 9. The summed E-state index contributed by atoms with van der Waals surface area (Å²) in [4.78, 5) is 4.34. The number of methoxy groups -OCH3 is 1. The quantitative estimate of drug-likeness (QED) is 0.476. The van der Waals surface area contributed by atoms with E-state index < -0.39 is 0 Å². The molecular weight excluding hydrogens is 318 g/mol. The van der Waals surface area contributed by atoms with Gasteiger partial charge in [-0.15, -0.1) is 0 Å². The first kappa shape index (κ1) is 18.6. The van der Waals surface area contributed by atoms with Gasteiger partial charge in [0.05, 0.1) is 20.3 Å². The Kier molecular flexibility index (Phi) is 7.59. The van der Waals surface area contributed by atoms with E-state index >= 15 is 0 Å². The molecule has 6 heteroatoms. The molecule has 2 aromatic rings. The number of hydrogen-bond donors (Lipinski definition) is 3. The first-order chi connectivity index (χ1) is 12.2. The molecule has 0 saturated carbocycles. The molecule has 0 unspecified atom stereocenters. The zero-order valence-corrected chi connectivity index (χ0v) is 14.4. The fourth-order valence-electron chi connectivity index (χ4n) is 2.30. The van der Waals surface area contributed by atoms with E-state index in [-0.39, 0.29) is 13.2 Å². The molecule has 0 aromatic heterocycles. The highest BCUT2D eigenvalue weighted by Crippen LogP contribution is 2.28. The lowest BCUT2D eigenvalue weighted by molar-refractivity contribution is 0.196. The molecule has 0 aliphatic heterocycles. The third-order valence-corrected chi connectivity index (χ3v) is 3.57. The van der Waals surface area contributed by atoms with Gasteiger partial charge in [0.25, 0.3) is 0 Å². The number of ether oxygens (including phenoxy) is 2. The minimum Gasteiger partial charge on any atom is -0.493 e. The van der Waals surface area contributed by atoms with Crippen LogP contribution in [-0.2, 0) is 13.0 Å². The average Bonchev–Trinajstić information content (AvgIpc) is 2.65. The Balaban J connectivity index is 1.85. The maximum absolute atomic E-state index is 8.83. The molecule has 2 rings (SSSR count). The summed E-state index contributed by atoms with van der Waals surface area (Å²) in [6.45, 7) is 1.37. The zero-order chi connectivity index (χ0) is 17.9. The Hall–Kier alpha value is -2.73. The number of aliphatic hydroxyl groups excluding tert-OH is 1. The summed E-state index contributed by atoms with van der Waals surface area (Å²) in [7, 11) is 1.58. The highest BCUT2D eigenvalue weighted by atomic mass is 16.5. The maximum Gasteiger partial charge on any atom is 0.188 e. The van der Waals surface area contributed by atoms with E-state index in [1.807, 2.05) is 30.3 Å². The second kappa shape index (κ2) is 10.2. The topological polar surface area (TPSA) is 89.1 Å². The molecule has 0 bridgehead atoms. The molecule has 0 saturated heterocycles. The summed E-state index contributed by atoms with van der Waals surface area (Å²) >= 11 is 0. The number of nitrogens with zero attached hydrogens (tertiary/aromatic N) is 1. The van der Waals surface area contributed by atoms with Crippen molar-refractivity contribution in [3.05, 3.63) is 59.7 Å². The Bertz CT molecular complexity index is 675. The molecule has 0 heterocycles. The van der Waals surface area contributed by atoms with Gasteiger partial charge in [-0.3, -0.25) is 0 Å². The van der Waals surface area contributed by atoms with E-state index in [4.69, 9.17) is 20.3 Å². The van der Waals surface area contributed by atoms with Gasteiger partial charge >= 0.3 is 0 Å². The van der Waals surface area contributed by atoms with E-state index in [1.54, 1.807) is 13.2 Å². The van der Waals surface area contributed by atoms with E-state index in [1.165, 1.54) is 5.56 Å². The van der Waals surface area contributed by atoms with Crippen LogP contribution >= 0.6 is 0 Å². The van der Waals surface area contributed by atoms with Crippen LogP contribution < -0.4 is 20.5 Å². The van der Waals surface area contributed by atoms with Crippen LogP contribution in [0.2, 0.25) is 0 Å². The standard InChI is InChI=1S/C19H25N3O3/c1-24-18-13-16(7-8-17(18)25-12-11-23)14-22-19(20)21-10-9-15-5-3-2-4-6-15/h2-8,13,23H,9-12,14H2,1H3,(H3,20,21,22). The molecule has 2 aromatic carbocycles. The molecule has 0 aliphatic rings. The van der Waals surface area contributed by atoms with Crippen LogP contribution in [0.25, 0.3) is 0 Å². The van der Waals surface area contributed by atoms with Gasteiger partial charge in [0.15, 0.2) is 17.5 Å². The van der Waals surface area contributed by atoms with Crippen LogP contribution in [0.5, 0.6) is 11.5 Å². The Labute approximate surface area is 148 Å². The first-order valence-corrected chi connectivity index (χ1v) is 8.21. The van der Waals surface area contributed by atoms with Crippen LogP contribution in [0.3, 0.4) is 0 Å². The van der Waals surface area contributed by atoms with Gasteiger partial charge in [0, 0.05) is 6.54 Å². The lowest BCUT2D eigenvalue weighted by Gasteiger charge is -2.11. The van der Waals surface area contributed by atoms with Gasteiger partial charge < -0.3 is 25.6 Å². The van der Waals surface area contributed by atoms with Crippen molar-refractivity contribution in [1.82, 2.24) is 5.32 Å². The van der Waals surface area contributed by atoms with Crippen LogP contribution in [0, 0.1) is 0 Å². The second-order valence-corrected chi connectivity index (χ2v) is 5.42. The van der Waals surface area contributed by atoms with Gasteiger partial charge in [0.2, 0.25) is 0 Å². The lowest BCUT2D eigenvalue weighted by atomic mass is 10.1. The molecule has 25 heavy (non-hydrogen) atoms. The molecule has 4 N–H and O–H groups in total. The minimum atomic E-state index is -0.0413. The molecule has 6 nitrogen and oxygen atoms in total. The Morgan fingerprint density at radius 2 is 1.92 bits per heavy atom. The summed E-state index contributed by atoms with van der Waals surface area (Å²) < 4.78 is 10.7. The third kappa shape index (κ3) is 6.35. The minimum absolute atomic E-state index is 0.0413. The molecule has 0 radical (unpaired) electrons. The number of hydrogen-bond acceptors (Lipinski definition) is 4. The first-order valence-electron chi connectivity index (χ1n) is 8.21. The molecule has 0 aliphatic carbocycles. The predicted molar refractivity (Wildman–Crippen MR) is 99.0 cm³/mol. The molecule has 134 valence electrons. The van der Waals surface area contributed by atoms with E-state index in [0.29, 0.717) is 24.0 Å². The summed E-state index contributed by atoms with van der Waals surface area (Å²) in [5.41, 5.74) is 8.12. The zero-order valence-electron chi connectivity index (χ0n) is 14.4. The van der Waals surface area contributed by atoms with Crippen molar-refractivity contribution in [2.24, 2.45) is 10.7 Å². The maximum atomic E-state index is 8.83. The van der Waals surface area contributed by atoms with Crippen molar-refractivity contribution < 1.29 is 14.6 Å². The smallest absolute Gasteiger partial charge is 0.188 e. The second-order valence-electron chi connectivity index (χ2n) is 5.42. The van der Waals surface area contributed by atoms with Crippen molar-refractivity contribution in [2.45, 2.75) is 13.0 Å². The molecule has 0 atom stereocenters. The van der Waals surface area contributed by atoms with Crippen LogP contribution in [0.15, 0.2) is 53.5 Å². The van der Waals surface area contributed by atoms with Crippen molar-refractivity contribution in [3.63, 3.8) is 0 Å². The van der Waals surface area contributed by atoms with Crippen LogP contribution in [-0.4, -0.2) is 37.9 Å². The van der Waals surface area contributed by atoms with Crippen LogP contribution in [0.1, 0.15) is 11.1 Å². The van der Waals surface area contributed by atoms with Crippen molar-refractivity contribution in [3.8, 4) is 11.5 Å². The largest absolute Gasteiger partial charge is 0.493 e. The van der Waals surface area contributed by atoms with Crippen molar-refractivity contribution in [2.75, 3.05) is 26.9 Å². The SMILES string of the molecule is COc1cc(CN=C(N)NCCc2ccccc2)ccc1OCCO. The fraction of sp³-hybridized carbons (Fsp3) is 0.316. The van der Waals surface area contributed by atoms with Gasteiger partial charge in [-0.2, -0.15) is 0 Å². The number of benzene rings is 2. The van der Waals surface area contributed by atoms with Gasteiger partial charge in [0.1, 0.15) is 6.61 Å². The fourth-order valence-corrected chi connectivity index (χ4v) is 2.30. The molecule has 0 fully saturated rings. The molecule has 0 spiro atoms. The normalized spacial score (nSPS) is 11.2. The van der Waals surface area contributed by atoms with Crippen molar-refractivity contribution >= 4 is 5.96 Å². The summed E-state index contributed by atoms with van der Waals surface area (Å²) in [5, 5.41) is 11.9. The van der Waals surface area contributed by atoms with Crippen molar-refractivity contribution in [1.29, 1.82) is 0 Å². The Morgan fingerprint density at radius 1 is 1.12 bits per heavy atom. The number of guanidine groups is 1. The van der Waals surface area contributed by atoms with Gasteiger partial charge in [-0.25, -0.2) is 4.99 Å². The molecular formula is C19H25N3O3. The van der Waals surface area contributed by atoms with E-state index in [0.717, 1.165) is 18.5 Å². The number of nitrogens with one attached hydrogen (secondary N) is 1. The van der Waals surface area contributed by atoms with Crippen LogP contribution in [0.4, 0.5) is 0 Å². The monoisotopic (exact) mass is 343 g/mol. The Morgan fingerprint density at radius 3 is 2.64 bits per heavy atom. The number of aliphatic hydroxyl groups is 1. The summed E-state index contributed by atoms with van der Waals surface area (Å²) in [6.07, 6.45) is 0.891. The van der Waals surface area contributed by atoms with E-state index in [2.05, 4.69) is 22.4 Å². The predicted octanol–water partition coefficient (Wildman–Crippen LogP) is 1.71. The van der Waals surface area contributed by atoms with Gasteiger partial charge in [-0.1, -0.05) is 36.4 Å². The highest BCUT2D eigenvalue weighted by Gasteiger charge is 2.05. The summed E-state index contributed by atoms with van der Waals surface area (Å²) in [5.74, 6) is 1.62. The van der Waals surface area contributed by atoms with Gasteiger partial charge in [-0.05, 0) is 29.7 Å². The lowest BCUT2D eigenvalue weighted by Crippen LogP contribution is -2.33. The summed E-state index contributed by atoms with van der Waals surface area (Å²) in [6, 6.07) is 15.8. The average molecular weight is 343 g/mol. The van der Waals surface area contributed by atoms with E-state index in [9.17, 15) is 0 Å². The number of nitrogens with two attached hydrogens (primary N) is 1.